The fraction of sp³-hybridized carbons (Fsp3) is 0.429. The van der Waals surface area contributed by atoms with Crippen molar-refractivity contribution in [3.8, 4) is 28.8 Å². The van der Waals surface area contributed by atoms with Gasteiger partial charge in [0.2, 0.25) is 0 Å². The molecule has 2 aliphatic heterocycles. The molecule has 2 fully saturated rings. The molecule has 0 aliphatic carbocycles. The number of nitrogens with zero attached hydrogens (tertiary/aromatic N) is 3. The van der Waals surface area contributed by atoms with Crippen LogP contribution in [-0.4, -0.2) is 46.6 Å². The summed E-state index contributed by atoms with van der Waals surface area (Å²) in [6.07, 6.45) is 1.81. The zero-order valence-electron chi connectivity index (χ0n) is 15.5. The Labute approximate surface area is 158 Å². The van der Waals surface area contributed by atoms with Gasteiger partial charge in [0.1, 0.15) is 11.9 Å². The van der Waals surface area contributed by atoms with E-state index in [9.17, 15) is 9.50 Å². The molecule has 2 N–H and O–H groups in total. The number of piperidine rings is 1. The van der Waals surface area contributed by atoms with Crippen molar-refractivity contribution < 1.29 is 9.50 Å². The van der Waals surface area contributed by atoms with Crippen molar-refractivity contribution in [2.24, 2.45) is 0 Å². The SMILES string of the molecule is CC#Cc1ccc(-c2ccc(N(C)[C@H]3CC4CCC(N4)[C@H]3F)nn2)c(O)c1. The number of aromatic hydroxyl groups is 1. The van der Waals surface area contributed by atoms with E-state index in [4.69, 9.17) is 0 Å². The summed E-state index contributed by atoms with van der Waals surface area (Å²) in [5.41, 5.74) is 1.92. The van der Waals surface area contributed by atoms with E-state index in [2.05, 4.69) is 27.4 Å². The Morgan fingerprint density at radius 1 is 1.22 bits per heavy atom. The third-order valence-corrected chi connectivity index (χ3v) is 5.61. The number of rotatable bonds is 3. The van der Waals surface area contributed by atoms with Gasteiger partial charge in [-0.3, -0.25) is 0 Å². The normalized spacial score (nSPS) is 26.3. The van der Waals surface area contributed by atoms with Gasteiger partial charge in [0.25, 0.3) is 0 Å². The lowest BCUT2D eigenvalue weighted by atomic mass is 9.96. The van der Waals surface area contributed by atoms with E-state index in [1.807, 2.05) is 30.1 Å². The van der Waals surface area contributed by atoms with Crippen molar-refractivity contribution in [2.45, 2.75) is 50.5 Å². The molecule has 4 rings (SSSR count). The van der Waals surface area contributed by atoms with Crippen molar-refractivity contribution in [3.63, 3.8) is 0 Å². The first kappa shape index (κ1) is 17.7. The molecule has 0 saturated carbocycles. The first-order chi connectivity index (χ1) is 13.1. The third kappa shape index (κ3) is 3.35. The van der Waals surface area contributed by atoms with Gasteiger partial charge in [-0.2, -0.15) is 0 Å². The average molecular weight is 366 g/mol. The number of aromatic nitrogens is 2. The Hall–Kier alpha value is -2.65. The molecule has 5 nitrogen and oxygen atoms in total. The summed E-state index contributed by atoms with van der Waals surface area (Å²) < 4.78 is 14.8. The average Bonchev–Trinajstić information content (AvgIpc) is 3.08. The first-order valence-electron chi connectivity index (χ1n) is 9.29. The predicted octanol–water partition coefficient (Wildman–Crippen LogP) is 2.89. The van der Waals surface area contributed by atoms with Crippen LogP contribution in [0.25, 0.3) is 11.3 Å². The maximum atomic E-state index is 14.8. The molecule has 1 aromatic carbocycles. The van der Waals surface area contributed by atoms with Gasteiger partial charge in [-0.25, -0.2) is 4.39 Å². The zero-order chi connectivity index (χ0) is 19.0. The molecule has 4 atom stereocenters. The van der Waals surface area contributed by atoms with Crippen LogP contribution in [0.2, 0.25) is 0 Å². The lowest BCUT2D eigenvalue weighted by Crippen LogP contribution is -2.55. The minimum atomic E-state index is -0.911. The number of halogens is 1. The summed E-state index contributed by atoms with van der Waals surface area (Å²) in [5.74, 6) is 6.47. The molecule has 2 aliphatic rings. The molecule has 2 aromatic rings. The Kier molecular flexibility index (Phi) is 4.71. The summed E-state index contributed by atoms with van der Waals surface area (Å²) in [5, 5.41) is 22.1. The number of phenolic OH excluding ortho intramolecular Hbond substituents is 1. The molecule has 0 radical (unpaired) electrons. The van der Waals surface area contributed by atoms with Gasteiger partial charge in [0.15, 0.2) is 5.82 Å². The summed E-state index contributed by atoms with van der Waals surface area (Å²) in [4.78, 5) is 1.90. The molecule has 1 aromatic heterocycles. The molecule has 27 heavy (non-hydrogen) atoms. The second-order valence-corrected chi connectivity index (χ2v) is 7.29. The number of benzene rings is 1. The fourth-order valence-corrected chi connectivity index (χ4v) is 4.15. The van der Waals surface area contributed by atoms with Gasteiger partial charge in [0.05, 0.1) is 11.7 Å². The highest BCUT2D eigenvalue weighted by Gasteiger charge is 2.43. The van der Waals surface area contributed by atoms with Gasteiger partial charge >= 0.3 is 0 Å². The van der Waals surface area contributed by atoms with Crippen molar-refractivity contribution in [1.82, 2.24) is 15.5 Å². The lowest BCUT2D eigenvalue weighted by molar-refractivity contribution is 0.176. The summed E-state index contributed by atoms with van der Waals surface area (Å²) >= 11 is 0. The Morgan fingerprint density at radius 3 is 2.78 bits per heavy atom. The fourth-order valence-electron chi connectivity index (χ4n) is 4.15. The monoisotopic (exact) mass is 366 g/mol. The van der Waals surface area contributed by atoms with Gasteiger partial charge in [-0.15, -0.1) is 16.1 Å². The highest BCUT2D eigenvalue weighted by Crippen LogP contribution is 2.34. The number of phenols is 1. The molecule has 0 amide bonds. The molecule has 2 unspecified atom stereocenters. The molecule has 0 spiro atoms. The number of alkyl halides is 1. The van der Waals surface area contributed by atoms with Gasteiger partial charge < -0.3 is 15.3 Å². The van der Waals surface area contributed by atoms with Crippen LogP contribution in [0.1, 0.15) is 31.7 Å². The predicted molar refractivity (Wildman–Crippen MR) is 103 cm³/mol. The Morgan fingerprint density at radius 2 is 2.07 bits per heavy atom. The standard InChI is InChI=1S/C21H23FN4O/c1-3-4-13-5-7-15(19(27)11-13)16-9-10-20(25-24-16)26(2)18-12-14-6-8-17(23-14)21(18)22/h5,7,9-11,14,17-18,21,23,27H,6,8,12H2,1-2H3/t14?,17?,18-,21+/m0/s1. The summed E-state index contributed by atoms with van der Waals surface area (Å²) in [7, 11) is 1.88. The van der Waals surface area contributed by atoms with E-state index in [-0.39, 0.29) is 17.8 Å². The number of hydrogen-bond donors (Lipinski definition) is 2. The number of anilines is 1. The molecule has 2 saturated heterocycles. The first-order valence-corrected chi connectivity index (χ1v) is 9.29. The van der Waals surface area contributed by atoms with E-state index < -0.39 is 6.17 Å². The molecule has 140 valence electrons. The highest BCUT2D eigenvalue weighted by molar-refractivity contribution is 5.68. The van der Waals surface area contributed by atoms with Crippen LogP contribution in [0, 0.1) is 11.8 Å². The van der Waals surface area contributed by atoms with Crippen LogP contribution in [0.5, 0.6) is 5.75 Å². The van der Waals surface area contributed by atoms with E-state index in [0.29, 0.717) is 23.1 Å². The van der Waals surface area contributed by atoms with Crippen molar-refractivity contribution in [3.05, 3.63) is 35.9 Å². The largest absolute Gasteiger partial charge is 0.507 e. The van der Waals surface area contributed by atoms with Crippen LogP contribution < -0.4 is 10.2 Å². The van der Waals surface area contributed by atoms with Crippen molar-refractivity contribution in [2.75, 3.05) is 11.9 Å². The zero-order valence-corrected chi connectivity index (χ0v) is 15.5. The minimum Gasteiger partial charge on any atom is -0.507 e. The maximum Gasteiger partial charge on any atom is 0.151 e. The van der Waals surface area contributed by atoms with Crippen LogP contribution in [0.4, 0.5) is 10.2 Å². The second kappa shape index (κ2) is 7.16. The second-order valence-electron chi connectivity index (χ2n) is 7.29. The third-order valence-electron chi connectivity index (χ3n) is 5.61. The summed E-state index contributed by atoms with van der Waals surface area (Å²) in [6.45, 7) is 1.75. The lowest BCUT2D eigenvalue weighted by Gasteiger charge is -2.38. The molecular weight excluding hydrogens is 343 g/mol. The number of hydrogen-bond acceptors (Lipinski definition) is 5. The highest BCUT2D eigenvalue weighted by atomic mass is 19.1. The van der Waals surface area contributed by atoms with E-state index in [1.165, 1.54) is 0 Å². The van der Waals surface area contributed by atoms with Crippen LogP contribution in [0.3, 0.4) is 0 Å². The van der Waals surface area contributed by atoms with Crippen LogP contribution in [0.15, 0.2) is 30.3 Å². The Balaban J connectivity index is 1.54. The molecule has 6 heteroatoms. The smallest absolute Gasteiger partial charge is 0.151 e. The van der Waals surface area contributed by atoms with E-state index in [0.717, 1.165) is 24.8 Å². The van der Waals surface area contributed by atoms with E-state index >= 15 is 0 Å². The molecule has 3 heterocycles. The van der Waals surface area contributed by atoms with E-state index in [1.54, 1.807) is 19.1 Å². The van der Waals surface area contributed by atoms with Crippen molar-refractivity contribution >= 4 is 5.82 Å². The van der Waals surface area contributed by atoms with Gasteiger partial charge in [-0.05, 0) is 56.5 Å². The quantitative estimate of drug-likeness (QED) is 0.818. The minimum absolute atomic E-state index is 0.0508. The van der Waals surface area contributed by atoms with Gasteiger partial charge in [-0.1, -0.05) is 5.92 Å². The van der Waals surface area contributed by atoms with Gasteiger partial charge in [0, 0.05) is 30.3 Å². The van der Waals surface area contributed by atoms with Crippen LogP contribution in [-0.2, 0) is 0 Å². The summed E-state index contributed by atoms with van der Waals surface area (Å²) in [6, 6.07) is 9.03. The molecular formula is C21H23FN4O. The topological polar surface area (TPSA) is 61.3 Å². The Bertz CT molecular complexity index is 889. The van der Waals surface area contributed by atoms with Crippen LogP contribution >= 0.6 is 0 Å². The number of nitrogens with one attached hydrogen (secondary N) is 1. The number of fused-ring (bicyclic) bond motifs is 2. The van der Waals surface area contributed by atoms with Crippen molar-refractivity contribution in [1.29, 1.82) is 0 Å². The maximum absolute atomic E-state index is 14.8. The molecule has 2 bridgehead atoms.